The van der Waals surface area contributed by atoms with Crippen molar-refractivity contribution in [1.82, 2.24) is 19.9 Å². The molecule has 10 aromatic carbocycles. The number of para-hydroxylation sites is 2. The second kappa shape index (κ2) is 21.1. The molecule has 7 heteroatoms. The Balaban J connectivity index is 1.08. The van der Waals surface area contributed by atoms with Crippen LogP contribution in [0.3, 0.4) is 0 Å². The maximum atomic E-state index is 5.36. The van der Waals surface area contributed by atoms with Gasteiger partial charge in [0.05, 0.1) is 17.1 Å². The number of benzene rings is 10. The molecule has 0 amide bonds. The van der Waals surface area contributed by atoms with Gasteiger partial charge in [0.15, 0.2) is 19.7 Å². The number of anilines is 6. The fraction of sp³-hybridized carbons (Fsp3) is 0. The van der Waals surface area contributed by atoms with Crippen LogP contribution >= 0.6 is 0 Å². The van der Waals surface area contributed by atoms with Crippen molar-refractivity contribution < 1.29 is 0 Å². The van der Waals surface area contributed by atoms with E-state index >= 15 is 0 Å². The van der Waals surface area contributed by atoms with Gasteiger partial charge >= 0.3 is 0 Å². The van der Waals surface area contributed by atoms with E-state index in [1.165, 1.54) is 20.7 Å². The number of hydrogen-bond donors (Lipinski definition) is 0. The first-order valence-corrected chi connectivity index (χ1v) is 27.2. The normalized spacial score (nSPS) is 11.2. The Hall–Kier alpha value is -9.82. The molecule has 0 atom stereocenters. The average molecular weight is 979 g/mol. The van der Waals surface area contributed by atoms with Crippen LogP contribution in [0.5, 0.6) is 0 Å². The number of nitrogens with zero attached hydrogens (tertiary/aromatic N) is 6. The maximum Gasteiger partial charge on any atom is 0.238 e. The molecule has 0 bridgehead atoms. The van der Waals surface area contributed by atoms with Crippen LogP contribution in [0.2, 0.25) is 0 Å². The van der Waals surface area contributed by atoms with E-state index in [1.54, 1.807) is 0 Å². The van der Waals surface area contributed by atoms with Gasteiger partial charge in [-0.05, 0) is 81.4 Å². The summed E-state index contributed by atoms with van der Waals surface area (Å²) >= 11 is 0. The van der Waals surface area contributed by atoms with E-state index in [0.717, 1.165) is 62.1 Å². The number of aromatic nitrogens is 4. The van der Waals surface area contributed by atoms with Gasteiger partial charge in [-0.3, -0.25) is 4.90 Å². The molecule has 6 nitrogen and oxygen atoms in total. The van der Waals surface area contributed by atoms with Crippen LogP contribution in [0.15, 0.2) is 303 Å². The molecule has 0 radical (unpaired) electrons. The van der Waals surface area contributed by atoms with Crippen molar-refractivity contribution in [2.45, 2.75) is 0 Å². The van der Waals surface area contributed by atoms with E-state index in [-0.39, 0.29) is 0 Å². The maximum absolute atomic E-state index is 5.36. The molecule has 0 saturated heterocycles. The molecule has 356 valence electrons. The third-order valence-corrected chi connectivity index (χ3v) is 18.5. The highest BCUT2D eigenvalue weighted by Gasteiger charge is 2.41. The third-order valence-electron chi connectivity index (χ3n) is 13.7. The minimum absolute atomic E-state index is 0.478. The van der Waals surface area contributed by atoms with Gasteiger partial charge in [0, 0.05) is 45.0 Å². The minimum atomic E-state index is -3.03. The molecule has 0 aliphatic carbocycles. The molecule has 75 heavy (non-hydrogen) atoms. The quantitative estimate of drug-likeness (QED) is 0.0799. The van der Waals surface area contributed by atoms with E-state index in [1.807, 2.05) is 72.8 Å². The van der Waals surface area contributed by atoms with E-state index in [9.17, 15) is 0 Å². The van der Waals surface area contributed by atoms with Crippen LogP contribution in [-0.2, 0) is 0 Å². The average Bonchev–Trinajstić information content (AvgIpc) is 3.50. The molecule has 12 aromatic rings. The Morgan fingerprint density at radius 2 is 0.520 bits per heavy atom. The highest BCUT2D eigenvalue weighted by Crippen LogP contribution is 2.39. The molecular weight excluding hydrogens is 929 g/mol. The van der Waals surface area contributed by atoms with Crippen molar-refractivity contribution in [2.24, 2.45) is 0 Å². The minimum Gasteiger partial charge on any atom is -0.311 e. The van der Waals surface area contributed by atoms with Crippen molar-refractivity contribution >= 4 is 63.2 Å². The predicted molar refractivity (Wildman–Crippen MR) is 312 cm³/mol. The fourth-order valence-corrected chi connectivity index (χ4v) is 14.9. The highest BCUT2D eigenvalue weighted by molar-refractivity contribution is 7.19. The third kappa shape index (κ3) is 9.43. The van der Waals surface area contributed by atoms with Gasteiger partial charge in [0.25, 0.3) is 0 Å². The van der Waals surface area contributed by atoms with Crippen LogP contribution in [0.1, 0.15) is 0 Å². The molecule has 0 fully saturated rings. The summed E-state index contributed by atoms with van der Waals surface area (Å²) in [5.74, 6) is 1.62. The lowest BCUT2D eigenvalue weighted by molar-refractivity contribution is 1.02. The molecule has 0 saturated carbocycles. The van der Waals surface area contributed by atoms with Crippen molar-refractivity contribution in [3.05, 3.63) is 303 Å². The summed E-state index contributed by atoms with van der Waals surface area (Å²) in [5.41, 5.74) is 10.4. The topological polar surface area (TPSA) is 58.0 Å². The van der Waals surface area contributed by atoms with E-state index in [4.69, 9.17) is 19.9 Å². The first-order chi connectivity index (χ1) is 37.2. The molecule has 0 spiro atoms. The van der Waals surface area contributed by atoms with Gasteiger partial charge in [-0.2, -0.15) is 9.97 Å². The molecule has 2 aromatic heterocycles. The lowest BCUT2D eigenvalue weighted by atomic mass is 10.1. The second-order valence-electron chi connectivity index (χ2n) is 18.3. The van der Waals surface area contributed by atoms with E-state index in [2.05, 4.69) is 240 Å². The molecule has 2 heterocycles. The summed E-state index contributed by atoms with van der Waals surface area (Å²) in [6, 6.07) is 107. The van der Waals surface area contributed by atoms with Crippen molar-refractivity contribution in [2.75, 3.05) is 9.80 Å². The SMILES string of the molecule is c1ccc(-c2cc(N(c3ccc([Si](c4ccccc4)(c4ccccc4)c4ccc(N(c5ccccc5)c5ccccc5)cc4)cc3)c3nc(-c4ccccc4)nc(-c4ccccc4)n3)cc(-c3ccccc3)n2)cc1. The number of hydrogen-bond acceptors (Lipinski definition) is 6. The monoisotopic (exact) mass is 978 g/mol. The summed E-state index contributed by atoms with van der Waals surface area (Å²) in [6.07, 6.45) is 0. The van der Waals surface area contributed by atoms with Crippen molar-refractivity contribution in [1.29, 1.82) is 0 Å². The molecule has 0 unspecified atom stereocenters. The zero-order valence-electron chi connectivity index (χ0n) is 41.1. The Morgan fingerprint density at radius 1 is 0.227 bits per heavy atom. The smallest absolute Gasteiger partial charge is 0.238 e. The molecule has 0 N–H and O–H groups in total. The Kier molecular flexibility index (Phi) is 13.0. The first kappa shape index (κ1) is 46.3. The lowest BCUT2D eigenvalue weighted by Crippen LogP contribution is -2.74. The molecule has 0 aliphatic heterocycles. The van der Waals surface area contributed by atoms with Crippen LogP contribution in [-0.4, -0.2) is 28.0 Å². The standard InChI is InChI=1S/C68H50N6Si/c1-9-25-51(26-10-1)64-49-59(50-65(69-64)52-27-11-2-12-28-52)74(68-71-66(53-29-13-3-14-30-53)70-67(72-68)54-31-15-4-16-32-54)58-43-47-63(48-44-58)75(60-37-21-7-22-38-60,61-39-23-8-24-40-61)62-45-41-57(42-46-62)73(55-33-17-5-18-34-55)56-35-19-6-20-36-56/h1-50H. The number of pyridine rings is 1. The van der Waals surface area contributed by atoms with Crippen LogP contribution < -0.4 is 30.5 Å². The number of rotatable bonds is 14. The van der Waals surface area contributed by atoms with E-state index in [0.29, 0.717) is 17.6 Å². The van der Waals surface area contributed by atoms with Gasteiger partial charge in [-0.25, -0.2) is 9.97 Å². The molecule has 12 rings (SSSR count). The largest absolute Gasteiger partial charge is 0.311 e. The van der Waals surface area contributed by atoms with Gasteiger partial charge in [0.2, 0.25) is 5.95 Å². The molecular formula is C68H50N6Si. The summed E-state index contributed by atoms with van der Waals surface area (Å²) in [4.78, 5) is 25.6. The van der Waals surface area contributed by atoms with Gasteiger partial charge < -0.3 is 4.90 Å². The van der Waals surface area contributed by atoms with Gasteiger partial charge in [-0.15, -0.1) is 0 Å². The van der Waals surface area contributed by atoms with Gasteiger partial charge in [0.1, 0.15) is 0 Å². The Labute approximate surface area is 439 Å². The summed E-state index contributed by atoms with van der Waals surface area (Å²) in [6.45, 7) is 0. The van der Waals surface area contributed by atoms with Crippen molar-refractivity contribution in [3.8, 4) is 45.3 Å². The second-order valence-corrected chi connectivity index (χ2v) is 22.1. The summed E-state index contributed by atoms with van der Waals surface area (Å²) in [5, 5.41) is 5.06. The van der Waals surface area contributed by atoms with Crippen LogP contribution in [0.25, 0.3) is 45.3 Å². The zero-order chi connectivity index (χ0) is 50.2. The lowest BCUT2D eigenvalue weighted by Gasteiger charge is -2.35. The summed E-state index contributed by atoms with van der Waals surface area (Å²) in [7, 11) is -3.03. The Morgan fingerprint density at radius 3 is 0.893 bits per heavy atom. The summed E-state index contributed by atoms with van der Waals surface area (Å²) < 4.78 is 0. The predicted octanol–water partition coefficient (Wildman–Crippen LogP) is 14.3. The fourth-order valence-electron chi connectivity index (χ4n) is 10.1. The van der Waals surface area contributed by atoms with Crippen LogP contribution in [0.4, 0.5) is 34.4 Å². The molecule has 0 aliphatic rings. The zero-order valence-corrected chi connectivity index (χ0v) is 42.1. The first-order valence-electron chi connectivity index (χ1n) is 25.2. The van der Waals surface area contributed by atoms with E-state index < -0.39 is 8.07 Å². The Bertz CT molecular complexity index is 3460. The highest BCUT2D eigenvalue weighted by atomic mass is 28.3. The van der Waals surface area contributed by atoms with Crippen LogP contribution in [0, 0.1) is 0 Å². The van der Waals surface area contributed by atoms with Crippen molar-refractivity contribution in [3.63, 3.8) is 0 Å². The van der Waals surface area contributed by atoms with Gasteiger partial charge in [-0.1, -0.05) is 243 Å².